The summed E-state index contributed by atoms with van der Waals surface area (Å²) in [4.78, 5) is 22.7. The fraction of sp³-hybridized carbons (Fsp3) is 0.565. The zero-order valence-electron chi connectivity index (χ0n) is 16.8. The van der Waals surface area contributed by atoms with Crippen molar-refractivity contribution in [1.29, 1.82) is 0 Å². The van der Waals surface area contributed by atoms with Crippen LogP contribution in [0.3, 0.4) is 0 Å². The quantitative estimate of drug-likeness (QED) is 0.438. The number of carboxylic acids is 1. The third kappa shape index (κ3) is 7.47. The topological polar surface area (TPSA) is 86.6 Å². The van der Waals surface area contributed by atoms with E-state index in [1.165, 1.54) is 0 Å². The van der Waals surface area contributed by atoms with Crippen LogP contribution < -0.4 is 5.32 Å². The number of hydrogen-bond acceptors (Lipinski definition) is 4. The molecule has 28 heavy (non-hydrogen) atoms. The van der Waals surface area contributed by atoms with Gasteiger partial charge in [-0.3, -0.25) is 9.59 Å². The van der Waals surface area contributed by atoms with Crippen LogP contribution in [0.2, 0.25) is 0 Å². The van der Waals surface area contributed by atoms with E-state index in [2.05, 4.69) is 5.32 Å². The lowest BCUT2D eigenvalue weighted by Crippen LogP contribution is -2.22. The molecule has 154 valence electrons. The Kier molecular flexibility index (Phi) is 9.21. The lowest BCUT2D eigenvalue weighted by atomic mass is 9.85. The molecule has 0 heterocycles. The predicted molar refractivity (Wildman–Crippen MR) is 111 cm³/mol. The van der Waals surface area contributed by atoms with Crippen LogP contribution in [0.15, 0.2) is 36.4 Å². The Morgan fingerprint density at radius 2 is 1.89 bits per heavy atom. The first-order chi connectivity index (χ1) is 13.5. The molecule has 1 aromatic carbocycles. The maximum atomic E-state index is 12.1. The molecule has 5 heteroatoms. The monoisotopic (exact) mass is 387 g/mol. The number of ketones is 1. The molecule has 0 aliphatic heterocycles. The lowest BCUT2D eigenvalue weighted by molar-refractivity contribution is -0.137. The highest BCUT2D eigenvalue weighted by molar-refractivity contribution is 5.94. The van der Waals surface area contributed by atoms with Gasteiger partial charge in [-0.15, -0.1) is 0 Å². The van der Waals surface area contributed by atoms with Crippen molar-refractivity contribution >= 4 is 17.4 Å². The molecular weight excluding hydrogens is 354 g/mol. The van der Waals surface area contributed by atoms with Gasteiger partial charge in [0.05, 0.1) is 6.10 Å². The second kappa shape index (κ2) is 11.6. The summed E-state index contributed by atoms with van der Waals surface area (Å²) in [6.45, 7) is 2.54. The zero-order valence-corrected chi connectivity index (χ0v) is 16.8. The van der Waals surface area contributed by atoms with E-state index in [0.717, 1.165) is 43.4 Å². The fourth-order valence-corrected chi connectivity index (χ4v) is 3.82. The van der Waals surface area contributed by atoms with Gasteiger partial charge in [0.2, 0.25) is 0 Å². The molecule has 1 aromatic rings. The van der Waals surface area contributed by atoms with Crippen LogP contribution in [0.25, 0.3) is 0 Å². The van der Waals surface area contributed by atoms with Gasteiger partial charge in [-0.25, -0.2) is 0 Å². The largest absolute Gasteiger partial charge is 0.481 e. The maximum absolute atomic E-state index is 12.1. The number of carboxylic acid groups (broad SMARTS) is 1. The highest BCUT2D eigenvalue weighted by Gasteiger charge is 2.29. The van der Waals surface area contributed by atoms with Gasteiger partial charge in [0.15, 0.2) is 5.78 Å². The molecule has 0 amide bonds. The van der Waals surface area contributed by atoms with Gasteiger partial charge in [-0.2, -0.15) is 0 Å². The number of aliphatic hydroxyl groups excluding tert-OH is 1. The Bertz CT molecular complexity index is 670. The molecule has 1 aliphatic rings. The molecule has 0 saturated carbocycles. The number of hydrogen-bond donors (Lipinski definition) is 3. The summed E-state index contributed by atoms with van der Waals surface area (Å²) in [6.07, 6.45) is 9.31. The predicted octanol–water partition coefficient (Wildman–Crippen LogP) is 4.34. The second-order valence-electron chi connectivity index (χ2n) is 7.81. The summed E-state index contributed by atoms with van der Waals surface area (Å²) < 4.78 is 0. The second-order valence-corrected chi connectivity index (χ2v) is 7.81. The number of nitrogens with one attached hydrogen (secondary N) is 1. The minimum absolute atomic E-state index is 0.0241. The summed E-state index contributed by atoms with van der Waals surface area (Å²) >= 11 is 0. The number of unbranched alkanes of at least 4 members (excludes halogenated alkanes) is 3. The van der Waals surface area contributed by atoms with Crippen molar-refractivity contribution in [1.82, 2.24) is 0 Å². The molecule has 3 atom stereocenters. The average Bonchev–Trinajstić information content (AvgIpc) is 3.01. The number of carbonyl (C=O) groups excluding carboxylic acids is 1. The molecule has 0 spiro atoms. The first-order valence-corrected chi connectivity index (χ1v) is 10.4. The Hall–Kier alpha value is -2.14. The van der Waals surface area contributed by atoms with Crippen LogP contribution in [0.1, 0.15) is 56.9 Å². The van der Waals surface area contributed by atoms with Gasteiger partial charge in [0.1, 0.15) is 0 Å². The SMILES string of the molecule is Cc1ccccc1NCC(O)CC[C@H]1C=CC(=O)C1CCCCCCC(=O)O. The van der Waals surface area contributed by atoms with Crippen molar-refractivity contribution in [3.8, 4) is 0 Å². The highest BCUT2D eigenvalue weighted by Crippen LogP contribution is 2.31. The first kappa shape index (κ1) is 22.2. The Morgan fingerprint density at radius 1 is 1.14 bits per heavy atom. The fourth-order valence-electron chi connectivity index (χ4n) is 3.82. The molecule has 0 aromatic heterocycles. The van der Waals surface area contributed by atoms with Crippen molar-refractivity contribution in [2.24, 2.45) is 11.8 Å². The van der Waals surface area contributed by atoms with E-state index in [9.17, 15) is 14.7 Å². The summed E-state index contributed by atoms with van der Waals surface area (Å²) in [6, 6.07) is 8.01. The third-order valence-electron chi connectivity index (χ3n) is 5.55. The number of carbonyl (C=O) groups is 2. The Labute approximate surface area is 167 Å². The minimum atomic E-state index is -0.745. The normalized spacial score (nSPS) is 19.7. The van der Waals surface area contributed by atoms with Gasteiger partial charge in [0, 0.05) is 24.6 Å². The number of rotatable bonds is 13. The van der Waals surface area contributed by atoms with E-state index in [1.807, 2.05) is 37.3 Å². The summed E-state index contributed by atoms with van der Waals surface area (Å²) in [5.41, 5.74) is 2.20. The maximum Gasteiger partial charge on any atom is 0.303 e. The van der Waals surface area contributed by atoms with Gasteiger partial charge >= 0.3 is 5.97 Å². The standard InChI is InChI=1S/C23H33NO4/c1-17-8-6-7-10-21(17)24-16-19(25)14-12-18-13-15-22(26)20(18)9-4-2-3-5-11-23(27)28/h6-8,10,13,15,18-20,24-25H,2-5,9,11-12,14,16H2,1H3,(H,27,28)/t18-,19?,20?/m0/s1. The van der Waals surface area contributed by atoms with E-state index in [-0.39, 0.29) is 24.0 Å². The van der Waals surface area contributed by atoms with Crippen molar-refractivity contribution < 1.29 is 19.8 Å². The minimum Gasteiger partial charge on any atom is -0.481 e. The molecule has 0 fully saturated rings. The van der Waals surface area contributed by atoms with Crippen LogP contribution in [0.5, 0.6) is 0 Å². The van der Waals surface area contributed by atoms with Crippen LogP contribution in [0, 0.1) is 18.8 Å². The Balaban J connectivity index is 1.67. The average molecular weight is 388 g/mol. The third-order valence-corrected chi connectivity index (χ3v) is 5.55. The van der Waals surface area contributed by atoms with Gasteiger partial charge in [0.25, 0.3) is 0 Å². The van der Waals surface area contributed by atoms with Crippen molar-refractivity contribution in [2.75, 3.05) is 11.9 Å². The number of aliphatic hydroxyl groups is 1. The molecule has 5 nitrogen and oxygen atoms in total. The van der Waals surface area contributed by atoms with Gasteiger partial charge < -0.3 is 15.5 Å². The number of anilines is 1. The van der Waals surface area contributed by atoms with E-state index in [1.54, 1.807) is 6.08 Å². The van der Waals surface area contributed by atoms with Gasteiger partial charge in [-0.05, 0) is 56.2 Å². The zero-order chi connectivity index (χ0) is 20.4. The molecule has 0 saturated heterocycles. The van der Waals surface area contributed by atoms with E-state index in [0.29, 0.717) is 19.4 Å². The molecule has 2 rings (SSSR count). The van der Waals surface area contributed by atoms with Crippen molar-refractivity contribution in [3.05, 3.63) is 42.0 Å². The number of aryl methyl sites for hydroxylation is 1. The summed E-state index contributed by atoms with van der Waals surface area (Å²) in [5.74, 6) is -0.315. The molecule has 0 radical (unpaired) electrons. The summed E-state index contributed by atoms with van der Waals surface area (Å²) in [5, 5.41) is 22.3. The first-order valence-electron chi connectivity index (χ1n) is 10.4. The molecular formula is C23H33NO4. The summed E-state index contributed by atoms with van der Waals surface area (Å²) in [7, 11) is 0. The van der Waals surface area contributed by atoms with E-state index < -0.39 is 12.1 Å². The lowest BCUT2D eigenvalue weighted by Gasteiger charge is -2.20. The molecule has 0 bridgehead atoms. The van der Waals surface area contributed by atoms with E-state index >= 15 is 0 Å². The number of benzene rings is 1. The smallest absolute Gasteiger partial charge is 0.303 e. The molecule has 3 N–H and O–H groups in total. The van der Waals surface area contributed by atoms with Crippen LogP contribution in [-0.4, -0.2) is 34.6 Å². The van der Waals surface area contributed by atoms with Crippen LogP contribution in [0.4, 0.5) is 5.69 Å². The van der Waals surface area contributed by atoms with E-state index in [4.69, 9.17) is 5.11 Å². The highest BCUT2D eigenvalue weighted by atomic mass is 16.4. The van der Waals surface area contributed by atoms with Crippen LogP contribution >= 0.6 is 0 Å². The number of allylic oxidation sites excluding steroid dienone is 2. The molecule has 2 unspecified atom stereocenters. The van der Waals surface area contributed by atoms with Crippen molar-refractivity contribution in [2.45, 2.75) is 64.4 Å². The van der Waals surface area contributed by atoms with Crippen molar-refractivity contribution in [3.63, 3.8) is 0 Å². The van der Waals surface area contributed by atoms with Gasteiger partial charge in [-0.1, -0.05) is 43.5 Å². The van der Waals surface area contributed by atoms with Crippen LogP contribution in [-0.2, 0) is 9.59 Å². The Morgan fingerprint density at radius 3 is 2.64 bits per heavy atom. The molecule has 1 aliphatic carbocycles. The number of para-hydroxylation sites is 1. The number of aliphatic carboxylic acids is 1.